The van der Waals surface area contributed by atoms with Gasteiger partial charge in [0.15, 0.2) is 0 Å². The van der Waals surface area contributed by atoms with Crippen molar-refractivity contribution in [3.63, 3.8) is 0 Å². The summed E-state index contributed by atoms with van der Waals surface area (Å²) in [5.74, 6) is 0. The van der Waals surface area contributed by atoms with Crippen molar-refractivity contribution in [2.45, 2.75) is 25.5 Å². The number of thiophene rings is 1. The molecule has 0 bridgehead atoms. The molecule has 0 amide bonds. The van der Waals surface area contributed by atoms with Crippen LogP contribution < -0.4 is 5.32 Å². The molecule has 2 aromatic heterocycles. The van der Waals surface area contributed by atoms with Crippen LogP contribution in [0.2, 0.25) is 0 Å². The Hall–Kier alpha value is -1.17. The molecule has 0 atom stereocenters. The fourth-order valence-corrected chi connectivity index (χ4v) is 3.08. The van der Waals surface area contributed by atoms with E-state index in [-0.39, 0.29) is 0 Å². The molecule has 0 spiro atoms. The molecule has 1 aliphatic rings. The third-order valence-electron chi connectivity index (χ3n) is 3.50. The van der Waals surface area contributed by atoms with Crippen LogP contribution in [0, 0.1) is 0 Å². The first-order valence-corrected chi connectivity index (χ1v) is 7.73. The van der Waals surface area contributed by atoms with Crippen molar-refractivity contribution in [3.8, 4) is 11.3 Å². The molecule has 3 rings (SSSR count). The number of aromatic nitrogens is 2. The minimum Gasteiger partial charge on any atom is -0.376 e. The molecular weight excluding hydrogens is 258 g/mol. The summed E-state index contributed by atoms with van der Waals surface area (Å²) >= 11 is 1.71. The van der Waals surface area contributed by atoms with Crippen LogP contribution in [0.3, 0.4) is 0 Å². The molecule has 1 saturated heterocycles. The zero-order valence-corrected chi connectivity index (χ0v) is 11.7. The van der Waals surface area contributed by atoms with Gasteiger partial charge in [-0.05, 0) is 37.4 Å². The average Bonchev–Trinajstić information content (AvgIpc) is 3.10. The van der Waals surface area contributed by atoms with Crippen molar-refractivity contribution in [1.82, 2.24) is 14.9 Å². The summed E-state index contributed by atoms with van der Waals surface area (Å²) in [7, 11) is 0. The second-order valence-electron chi connectivity index (χ2n) is 4.80. The van der Waals surface area contributed by atoms with Gasteiger partial charge in [-0.25, -0.2) is 4.98 Å². The number of hydrogen-bond acceptors (Lipinski definition) is 4. The average molecular weight is 277 g/mol. The molecule has 4 nitrogen and oxygen atoms in total. The molecule has 0 aromatic carbocycles. The molecule has 0 saturated carbocycles. The van der Waals surface area contributed by atoms with Gasteiger partial charge in [0.05, 0.1) is 30.9 Å². The van der Waals surface area contributed by atoms with Gasteiger partial charge >= 0.3 is 0 Å². The van der Waals surface area contributed by atoms with Gasteiger partial charge in [-0.1, -0.05) is 0 Å². The second-order valence-corrected chi connectivity index (χ2v) is 5.58. The van der Waals surface area contributed by atoms with Crippen molar-refractivity contribution in [2.24, 2.45) is 0 Å². The molecule has 1 aliphatic heterocycles. The summed E-state index contributed by atoms with van der Waals surface area (Å²) in [5.41, 5.74) is 2.42. The maximum Gasteiger partial charge on any atom is 0.0951 e. The molecule has 19 heavy (non-hydrogen) atoms. The lowest BCUT2D eigenvalue weighted by atomic mass is 10.1. The summed E-state index contributed by atoms with van der Waals surface area (Å²) in [5, 5.41) is 7.60. The van der Waals surface area contributed by atoms with E-state index >= 15 is 0 Å². The van der Waals surface area contributed by atoms with Crippen molar-refractivity contribution >= 4 is 11.3 Å². The van der Waals surface area contributed by atoms with E-state index in [0.29, 0.717) is 6.10 Å². The molecule has 1 fully saturated rings. The number of nitrogens with one attached hydrogen (secondary N) is 1. The highest BCUT2D eigenvalue weighted by molar-refractivity contribution is 7.08. The van der Waals surface area contributed by atoms with Crippen molar-refractivity contribution < 1.29 is 4.74 Å². The lowest BCUT2D eigenvalue weighted by Crippen LogP contribution is -2.33. The summed E-state index contributed by atoms with van der Waals surface area (Å²) < 4.78 is 8.11. The number of hydrogen-bond donors (Lipinski definition) is 1. The van der Waals surface area contributed by atoms with E-state index in [1.807, 2.05) is 12.5 Å². The van der Waals surface area contributed by atoms with E-state index in [1.54, 1.807) is 11.3 Å². The largest absolute Gasteiger partial charge is 0.376 e. The van der Waals surface area contributed by atoms with Crippen LogP contribution in [0.15, 0.2) is 29.4 Å². The highest BCUT2D eigenvalue weighted by Crippen LogP contribution is 2.21. The van der Waals surface area contributed by atoms with Crippen LogP contribution in [0.4, 0.5) is 0 Å². The van der Waals surface area contributed by atoms with Crippen LogP contribution >= 0.6 is 11.3 Å². The number of imidazole rings is 1. The van der Waals surface area contributed by atoms with E-state index in [4.69, 9.17) is 4.74 Å². The SMILES string of the molecule is c1cc(-c2cncn2CCOC2CCNCC2)cs1. The molecule has 3 heterocycles. The van der Waals surface area contributed by atoms with Crippen molar-refractivity contribution in [2.75, 3.05) is 19.7 Å². The van der Waals surface area contributed by atoms with Gasteiger partial charge in [-0.3, -0.25) is 0 Å². The van der Waals surface area contributed by atoms with Crippen LogP contribution in [0.1, 0.15) is 12.8 Å². The first-order valence-electron chi connectivity index (χ1n) is 6.78. The lowest BCUT2D eigenvalue weighted by molar-refractivity contribution is 0.0286. The highest BCUT2D eigenvalue weighted by Gasteiger charge is 2.13. The summed E-state index contributed by atoms with van der Waals surface area (Å²) in [6, 6.07) is 2.13. The predicted octanol–water partition coefficient (Wildman–Crippen LogP) is 2.38. The molecule has 0 aliphatic carbocycles. The zero-order chi connectivity index (χ0) is 12.9. The fraction of sp³-hybridized carbons (Fsp3) is 0.500. The number of ether oxygens (including phenoxy) is 1. The summed E-state index contributed by atoms with van der Waals surface area (Å²) in [4.78, 5) is 4.25. The normalized spacial score (nSPS) is 16.8. The Balaban J connectivity index is 1.54. The summed E-state index contributed by atoms with van der Waals surface area (Å²) in [6.07, 6.45) is 6.49. The Morgan fingerprint density at radius 1 is 1.42 bits per heavy atom. The van der Waals surface area contributed by atoms with Crippen LogP contribution in [0.5, 0.6) is 0 Å². The number of rotatable bonds is 5. The standard InChI is InChI=1S/C14H19N3OS/c1-4-15-5-2-13(1)18-7-6-17-11-16-9-14(17)12-3-8-19-10-12/h3,8-11,13,15H,1-2,4-7H2. The molecule has 102 valence electrons. The molecule has 0 radical (unpaired) electrons. The Morgan fingerprint density at radius 3 is 3.11 bits per heavy atom. The Kier molecular flexibility index (Phi) is 4.27. The second kappa shape index (κ2) is 6.32. The van der Waals surface area contributed by atoms with Gasteiger partial charge in [0.25, 0.3) is 0 Å². The predicted molar refractivity (Wildman–Crippen MR) is 77.4 cm³/mol. The van der Waals surface area contributed by atoms with E-state index in [9.17, 15) is 0 Å². The van der Waals surface area contributed by atoms with E-state index < -0.39 is 0 Å². The minimum absolute atomic E-state index is 0.425. The first kappa shape index (κ1) is 12.8. The maximum atomic E-state index is 5.94. The van der Waals surface area contributed by atoms with Gasteiger partial charge < -0.3 is 14.6 Å². The highest BCUT2D eigenvalue weighted by atomic mass is 32.1. The van der Waals surface area contributed by atoms with E-state index in [0.717, 1.165) is 39.1 Å². The quantitative estimate of drug-likeness (QED) is 0.912. The first-order chi connectivity index (χ1) is 9.43. The van der Waals surface area contributed by atoms with Gasteiger partial charge in [-0.2, -0.15) is 11.3 Å². The lowest BCUT2D eigenvalue weighted by Gasteiger charge is -2.23. The minimum atomic E-state index is 0.425. The molecule has 5 heteroatoms. The molecule has 2 aromatic rings. The van der Waals surface area contributed by atoms with Gasteiger partial charge in [0.2, 0.25) is 0 Å². The van der Waals surface area contributed by atoms with E-state index in [2.05, 4.69) is 31.7 Å². The zero-order valence-electron chi connectivity index (χ0n) is 10.9. The van der Waals surface area contributed by atoms with E-state index in [1.165, 1.54) is 11.3 Å². The maximum absolute atomic E-state index is 5.94. The van der Waals surface area contributed by atoms with Crippen molar-refractivity contribution in [1.29, 1.82) is 0 Å². The van der Waals surface area contributed by atoms with Crippen molar-refractivity contribution in [3.05, 3.63) is 29.4 Å². The molecular formula is C14H19N3OS. The van der Waals surface area contributed by atoms with Crippen LogP contribution in [0.25, 0.3) is 11.3 Å². The van der Waals surface area contributed by atoms with Crippen LogP contribution in [-0.2, 0) is 11.3 Å². The van der Waals surface area contributed by atoms with Gasteiger partial charge in [0.1, 0.15) is 0 Å². The van der Waals surface area contributed by atoms with Gasteiger partial charge in [-0.15, -0.1) is 0 Å². The van der Waals surface area contributed by atoms with Gasteiger partial charge in [0, 0.05) is 17.5 Å². The third kappa shape index (κ3) is 3.23. The number of nitrogens with zero attached hydrogens (tertiary/aromatic N) is 2. The molecule has 0 unspecified atom stereocenters. The summed E-state index contributed by atoms with van der Waals surface area (Å²) in [6.45, 7) is 3.79. The fourth-order valence-electron chi connectivity index (χ4n) is 2.43. The Bertz CT molecular complexity index is 489. The third-order valence-corrected chi connectivity index (χ3v) is 4.18. The molecule has 1 N–H and O–H groups in total. The monoisotopic (exact) mass is 277 g/mol. The Labute approximate surface area is 117 Å². The van der Waals surface area contributed by atoms with Crippen LogP contribution in [-0.4, -0.2) is 35.4 Å². The number of piperidine rings is 1. The smallest absolute Gasteiger partial charge is 0.0951 e. The topological polar surface area (TPSA) is 39.1 Å². The Morgan fingerprint density at radius 2 is 2.32 bits per heavy atom.